The number of aromatic hydroxyl groups is 1. The van der Waals surface area contributed by atoms with E-state index in [4.69, 9.17) is 9.47 Å². The van der Waals surface area contributed by atoms with Crippen molar-refractivity contribution < 1.29 is 29.1 Å². The Morgan fingerprint density at radius 1 is 0.972 bits per heavy atom. The Morgan fingerprint density at radius 3 is 2.14 bits per heavy atom. The highest BCUT2D eigenvalue weighted by Gasteiger charge is 2.15. The maximum atomic E-state index is 12.9. The summed E-state index contributed by atoms with van der Waals surface area (Å²) in [7, 11) is 2.75. The second-order valence-electron chi connectivity index (χ2n) is 7.20. The van der Waals surface area contributed by atoms with Crippen LogP contribution in [0.4, 0.5) is 5.69 Å². The van der Waals surface area contributed by atoms with E-state index < -0.39 is 16.7 Å². The van der Waals surface area contributed by atoms with Gasteiger partial charge in [-0.25, -0.2) is 5.43 Å². The van der Waals surface area contributed by atoms with E-state index in [9.17, 15) is 24.8 Å². The molecular weight excluding hydrogens is 468 g/mol. The Hall–Kier alpha value is -5.19. The molecule has 0 spiro atoms. The minimum absolute atomic E-state index is 0.115. The predicted octanol–water partition coefficient (Wildman–Crippen LogP) is 3.24. The first-order chi connectivity index (χ1) is 17.3. The molecule has 184 valence electrons. The van der Waals surface area contributed by atoms with E-state index in [0.717, 1.165) is 0 Å². The van der Waals surface area contributed by atoms with E-state index in [2.05, 4.69) is 15.8 Å². The lowest BCUT2D eigenvalue weighted by Crippen LogP contribution is -2.32. The van der Waals surface area contributed by atoms with Gasteiger partial charge in [-0.05, 0) is 48.0 Å². The van der Waals surface area contributed by atoms with Gasteiger partial charge in [-0.3, -0.25) is 19.7 Å². The number of nitrogens with one attached hydrogen (secondary N) is 2. The molecular formula is C25H22N4O7. The van der Waals surface area contributed by atoms with Gasteiger partial charge in [0.2, 0.25) is 5.75 Å². The van der Waals surface area contributed by atoms with Crippen molar-refractivity contribution in [3.8, 4) is 17.2 Å². The van der Waals surface area contributed by atoms with Crippen LogP contribution in [0.25, 0.3) is 6.08 Å². The number of methoxy groups -OCH3 is 2. The summed E-state index contributed by atoms with van der Waals surface area (Å²) in [6.45, 7) is 0. The molecule has 3 aromatic rings. The maximum Gasteiger partial charge on any atom is 0.287 e. The first-order valence-electron chi connectivity index (χ1n) is 10.4. The summed E-state index contributed by atoms with van der Waals surface area (Å²) in [6, 6.07) is 16.7. The van der Waals surface area contributed by atoms with E-state index >= 15 is 0 Å². The van der Waals surface area contributed by atoms with Crippen LogP contribution < -0.4 is 20.2 Å². The quantitative estimate of drug-likeness (QED) is 0.180. The highest BCUT2D eigenvalue weighted by atomic mass is 16.6. The average Bonchev–Trinajstić information content (AvgIpc) is 2.89. The molecule has 0 atom stereocenters. The normalized spacial score (nSPS) is 11.1. The van der Waals surface area contributed by atoms with Crippen molar-refractivity contribution in [2.75, 3.05) is 14.2 Å². The number of non-ortho nitro benzene ring substituents is 1. The van der Waals surface area contributed by atoms with Crippen molar-refractivity contribution in [2.24, 2.45) is 5.10 Å². The van der Waals surface area contributed by atoms with Crippen LogP contribution in [0.3, 0.4) is 0 Å². The van der Waals surface area contributed by atoms with Gasteiger partial charge in [0, 0.05) is 23.3 Å². The number of hydrazone groups is 1. The molecule has 0 unspecified atom stereocenters. The molecule has 2 amide bonds. The Morgan fingerprint density at radius 2 is 1.58 bits per heavy atom. The Balaban J connectivity index is 1.85. The van der Waals surface area contributed by atoms with Crippen molar-refractivity contribution in [2.45, 2.75) is 0 Å². The van der Waals surface area contributed by atoms with Crippen LogP contribution in [0.1, 0.15) is 21.5 Å². The number of carbonyl (C=O) groups excluding carboxylic acids is 2. The standard InChI is InChI=1S/C25H22N4O7/c1-35-21-13-17(14-22(36-2)23(21)30)15-26-28-25(32)20(27-24(31)18-6-4-3-5-7-18)12-16-8-10-19(11-9-16)29(33)34/h3-15,30H,1-2H3,(H,27,31)(H,28,32)/b20-12+,26-15+. The van der Waals surface area contributed by atoms with Crippen molar-refractivity contribution in [3.63, 3.8) is 0 Å². The number of benzene rings is 3. The summed E-state index contributed by atoms with van der Waals surface area (Å²) in [6.07, 6.45) is 2.66. The molecule has 0 aliphatic heterocycles. The Kier molecular flexibility index (Phi) is 8.33. The van der Waals surface area contributed by atoms with Crippen LogP contribution in [-0.4, -0.2) is 42.3 Å². The first-order valence-corrected chi connectivity index (χ1v) is 10.4. The smallest absolute Gasteiger partial charge is 0.287 e. The number of nitro benzene ring substituents is 1. The van der Waals surface area contributed by atoms with Crippen LogP contribution in [0.15, 0.2) is 77.5 Å². The van der Waals surface area contributed by atoms with Gasteiger partial charge in [-0.2, -0.15) is 5.10 Å². The number of amides is 2. The average molecular weight is 490 g/mol. The summed E-state index contributed by atoms with van der Waals surface area (Å²) in [4.78, 5) is 35.9. The van der Waals surface area contributed by atoms with Crippen LogP contribution >= 0.6 is 0 Å². The molecule has 0 fully saturated rings. The van der Waals surface area contributed by atoms with E-state index in [1.807, 2.05) is 0 Å². The van der Waals surface area contributed by atoms with Gasteiger partial charge in [0.1, 0.15) is 5.70 Å². The number of phenols is 1. The summed E-state index contributed by atoms with van der Waals surface area (Å²) in [5, 5.41) is 27.4. The third-order valence-electron chi connectivity index (χ3n) is 4.83. The van der Waals surface area contributed by atoms with Gasteiger partial charge in [-0.15, -0.1) is 0 Å². The predicted molar refractivity (Wildman–Crippen MR) is 132 cm³/mol. The van der Waals surface area contributed by atoms with E-state index in [1.54, 1.807) is 30.3 Å². The molecule has 0 bridgehead atoms. The fraction of sp³-hybridized carbons (Fsp3) is 0.0800. The molecule has 11 heteroatoms. The number of hydrogen-bond donors (Lipinski definition) is 3. The minimum Gasteiger partial charge on any atom is -0.502 e. The number of hydrogen-bond acceptors (Lipinski definition) is 8. The topological polar surface area (TPSA) is 152 Å². The summed E-state index contributed by atoms with van der Waals surface area (Å²) < 4.78 is 10.2. The summed E-state index contributed by atoms with van der Waals surface area (Å²) in [5.41, 5.74) is 3.29. The molecule has 0 saturated heterocycles. The van der Waals surface area contributed by atoms with Gasteiger partial charge < -0.3 is 19.9 Å². The second-order valence-corrected chi connectivity index (χ2v) is 7.20. The molecule has 0 saturated carbocycles. The SMILES string of the molecule is COc1cc(/C=N/NC(=O)/C(=C\c2ccc([N+](=O)[O-])cc2)NC(=O)c2ccccc2)cc(OC)c1O. The third kappa shape index (κ3) is 6.44. The fourth-order valence-electron chi connectivity index (χ4n) is 3.02. The zero-order valence-corrected chi connectivity index (χ0v) is 19.3. The molecule has 0 aromatic heterocycles. The van der Waals surface area contributed by atoms with Gasteiger partial charge in [0.25, 0.3) is 17.5 Å². The van der Waals surface area contributed by atoms with Crippen molar-refractivity contribution >= 4 is 29.8 Å². The molecule has 3 rings (SSSR count). The van der Waals surface area contributed by atoms with Crippen molar-refractivity contribution in [3.05, 3.63) is 99.2 Å². The summed E-state index contributed by atoms with van der Waals surface area (Å²) in [5.74, 6) is -1.16. The van der Waals surface area contributed by atoms with Gasteiger partial charge in [0.15, 0.2) is 11.5 Å². The van der Waals surface area contributed by atoms with Gasteiger partial charge in [0.05, 0.1) is 25.4 Å². The highest BCUT2D eigenvalue weighted by molar-refractivity contribution is 6.05. The zero-order chi connectivity index (χ0) is 26.1. The van der Waals surface area contributed by atoms with Crippen molar-refractivity contribution in [1.29, 1.82) is 0 Å². The number of nitrogens with zero attached hydrogens (tertiary/aromatic N) is 2. The van der Waals surface area contributed by atoms with Gasteiger partial charge in [-0.1, -0.05) is 18.2 Å². The maximum absolute atomic E-state index is 12.9. The number of carbonyl (C=O) groups is 2. The number of phenolic OH excluding ortho intramolecular Hbond substituents is 1. The van der Waals surface area contributed by atoms with Crippen LogP contribution in [0, 0.1) is 10.1 Å². The highest BCUT2D eigenvalue weighted by Crippen LogP contribution is 2.36. The summed E-state index contributed by atoms with van der Waals surface area (Å²) >= 11 is 0. The molecule has 3 N–H and O–H groups in total. The number of nitro groups is 1. The molecule has 36 heavy (non-hydrogen) atoms. The van der Waals surface area contributed by atoms with E-state index in [1.165, 1.54) is 62.9 Å². The Bertz CT molecular complexity index is 1290. The lowest BCUT2D eigenvalue weighted by atomic mass is 10.1. The largest absolute Gasteiger partial charge is 0.502 e. The lowest BCUT2D eigenvalue weighted by molar-refractivity contribution is -0.384. The van der Waals surface area contributed by atoms with Crippen LogP contribution in [0.2, 0.25) is 0 Å². The fourth-order valence-corrected chi connectivity index (χ4v) is 3.02. The van der Waals surface area contributed by atoms with Crippen LogP contribution in [0.5, 0.6) is 17.2 Å². The van der Waals surface area contributed by atoms with E-state index in [0.29, 0.717) is 16.7 Å². The molecule has 0 heterocycles. The van der Waals surface area contributed by atoms with Crippen molar-refractivity contribution in [1.82, 2.24) is 10.7 Å². The van der Waals surface area contributed by atoms with E-state index in [-0.39, 0.29) is 28.6 Å². The number of rotatable bonds is 9. The first kappa shape index (κ1) is 25.4. The monoisotopic (exact) mass is 490 g/mol. The molecule has 0 aliphatic carbocycles. The molecule has 11 nitrogen and oxygen atoms in total. The second kappa shape index (κ2) is 11.8. The lowest BCUT2D eigenvalue weighted by Gasteiger charge is -2.10. The molecule has 0 radical (unpaired) electrons. The number of ether oxygens (including phenoxy) is 2. The third-order valence-corrected chi connectivity index (χ3v) is 4.83. The minimum atomic E-state index is -0.744. The molecule has 0 aliphatic rings. The zero-order valence-electron chi connectivity index (χ0n) is 19.3. The molecule has 3 aromatic carbocycles. The van der Waals surface area contributed by atoms with Gasteiger partial charge >= 0.3 is 0 Å². The Labute approximate surface area is 205 Å². The van der Waals surface area contributed by atoms with Crippen LogP contribution in [-0.2, 0) is 4.79 Å².